The smallest absolute Gasteiger partial charge is 0.231 e. The predicted molar refractivity (Wildman–Crippen MR) is 101 cm³/mol. The summed E-state index contributed by atoms with van der Waals surface area (Å²) in [5.74, 6) is 0.871. The van der Waals surface area contributed by atoms with Gasteiger partial charge in [-0.15, -0.1) is 10.2 Å². The van der Waals surface area contributed by atoms with Crippen LogP contribution < -0.4 is 5.32 Å². The molecule has 1 amide bonds. The molecule has 1 aromatic heterocycles. The highest BCUT2D eigenvalue weighted by atomic mass is 32.2. The minimum atomic E-state index is -0.692. The maximum absolute atomic E-state index is 12.3. The third-order valence-electron chi connectivity index (χ3n) is 4.78. The van der Waals surface area contributed by atoms with Gasteiger partial charge < -0.3 is 9.88 Å². The lowest BCUT2D eigenvalue weighted by molar-refractivity contribution is -0.120. The van der Waals surface area contributed by atoms with E-state index in [1.165, 1.54) is 17.3 Å². The van der Waals surface area contributed by atoms with Gasteiger partial charge in [-0.25, -0.2) is 0 Å². The molecular formula is C19H23N5OS. The van der Waals surface area contributed by atoms with Gasteiger partial charge in [0.2, 0.25) is 5.91 Å². The van der Waals surface area contributed by atoms with E-state index in [9.17, 15) is 10.1 Å². The van der Waals surface area contributed by atoms with E-state index in [2.05, 4.69) is 21.6 Å². The normalized spacial score (nSPS) is 16.0. The van der Waals surface area contributed by atoms with Gasteiger partial charge in [0, 0.05) is 12.6 Å². The number of nitriles is 1. The van der Waals surface area contributed by atoms with Crippen LogP contribution in [0.25, 0.3) is 11.4 Å². The molecule has 0 saturated heterocycles. The summed E-state index contributed by atoms with van der Waals surface area (Å²) in [6.07, 6.45) is 4.59. The second-order valence-corrected chi connectivity index (χ2v) is 7.77. The highest BCUT2D eigenvalue weighted by Crippen LogP contribution is 2.28. The van der Waals surface area contributed by atoms with Gasteiger partial charge in [0.25, 0.3) is 0 Å². The molecule has 0 atom stereocenters. The third-order valence-corrected chi connectivity index (χ3v) is 5.80. The summed E-state index contributed by atoms with van der Waals surface area (Å²) in [7, 11) is 1.90. The van der Waals surface area contributed by atoms with Gasteiger partial charge in [0.05, 0.1) is 11.8 Å². The molecule has 1 aliphatic rings. The fourth-order valence-corrected chi connectivity index (χ4v) is 3.96. The van der Waals surface area contributed by atoms with Crippen LogP contribution >= 0.6 is 11.8 Å². The van der Waals surface area contributed by atoms with Crippen LogP contribution in [0.2, 0.25) is 0 Å². The first-order valence-corrected chi connectivity index (χ1v) is 9.83. The molecule has 1 aromatic carbocycles. The van der Waals surface area contributed by atoms with E-state index in [-0.39, 0.29) is 11.7 Å². The van der Waals surface area contributed by atoms with Crippen molar-refractivity contribution in [3.8, 4) is 17.5 Å². The van der Waals surface area contributed by atoms with E-state index in [4.69, 9.17) is 0 Å². The van der Waals surface area contributed by atoms with Crippen LogP contribution in [-0.4, -0.2) is 32.0 Å². The minimum absolute atomic E-state index is 0.127. The van der Waals surface area contributed by atoms with Crippen LogP contribution in [0.3, 0.4) is 0 Å². The molecule has 1 aliphatic carbocycles. The fourth-order valence-electron chi connectivity index (χ4n) is 3.25. The number of hydrogen-bond acceptors (Lipinski definition) is 5. The Morgan fingerprint density at radius 3 is 2.62 bits per heavy atom. The number of carbonyl (C=O) groups excluding carboxylic acids is 1. The highest BCUT2D eigenvalue weighted by Gasteiger charge is 2.33. The Hall–Kier alpha value is -2.33. The van der Waals surface area contributed by atoms with Gasteiger partial charge in [0.1, 0.15) is 5.54 Å². The zero-order valence-electron chi connectivity index (χ0n) is 15.2. The average molecular weight is 369 g/mol. The molecule has 0 spiro atoms. The van der Waals surface area contributed by atoms with Gasteiger partial charge in [0.15, 0.2) is 11.0 Å². The molecule has 1 fully saturated rings. The van der Waals surface area contributed by atoms with Crippen molar-refractivity contribution in [2.45, 2.75) is 49.7 Å². The number of benzene rings is 1. The van der Waals surface area contributed by atoms with Crippen LogP contribution in [0.15, 0.2) is 29.4 Å². The molecule has 136 valence electrons. The summed E-state index contributed by atoms with van der Waals surface area (Å²) in [6.45, 7) is 2.04. The van der Waals surface area contributed by atoms with Gasteiger partial charge >= 0.3 is 0 Å². The van der Waals surface area contributed by atoms with Crippen LogP contribution in [0.1, 0.15) is 37.7 Å². The lowest BCUT2D eigenvalue weighted by Crippen LogP contribution is -2.49. The van der Waals surface area contributed by atoms with E-state index in [0.717, 1.165) is 43.5 Å². The second kappa shape index (κ2) is 7.92. The number of nitrogens with one attached hydrogen (secondary N) is 1. The molecule has 7 heteroatoms. The van der Waals surface area contributed by atoms with Crippen molar-refractivity contribution < 1.29 is 4.79 Å². The number of thioether (sulfide) groups is 1. The fraction of sp³-hybridized carbons (Fsp3) is 0.474. The van der Waals surface area contributed by atoms with Crippen LogP contribution in [0.4, 0.5) is 0 Å². The lowest BCUT2D eigenvalue weighted by atomic mass is 9.83. The van der Waals surface area contributed by atoms with E-state index >= 15 is 0 Å². The largest absolute Gasteiger partial charge is 0.337 e. The van der Waals surface area contributed by atoms with Crippen molar-refractivity contribution in [1.82, 2.24) is 20.1 Å². The van der Waals surface area contributed by atoms with Crippen molar-refractivity contribution in [2.24, 2.45) is 7.05 Å². The second-order valence-electron chi connectivity index (χ2n) is 6.82. The third kappa shape index (κ3) is 4.07. The zero-order chi connectivity index (χ0) is 18.6. The number of aromatic nitrogens is 3. The van der Waals surface area contributed by atoms with Gasteiger partial charge in [-0.05, 0) is 19.8 Å². The summed E-state index contributed by atoms with van der Waals surface area (Å²) < 4.78 is 1.89. The van der Waals surface area contributed by atoms with Gasteiger partial charge in [-0.3, -0.25) is 4.79 Å². The first-order chi connectivity index (χ1) is 12.5. The molecule has 1 saturated carbocycles. The molecular weight excluding hydrogens is 346 g/mol. The number of aryl methyl sites for hydroxylation is 1. The molecule has 0 radical (unpaired) electrons. The average Bonchev–Trinajstić information content (AvgIpc) is 3.02. The number of amides is 1. The summed E-state index contributed by atoms with van der Waals surface area (Å²) in [4.78, 5) is 12.3. The molecule has 0 aliphatic heterocycles. The molecule has 2 aromatic rings. The van der Waals surface area contributed by atoms with Crippen molar-refractivity contribution in [3.05, 3.63) is 29.8 Å². The Kier molecular flexibility index (Phi) is 5.62. The Balaban J connectivity index is 1.62. The van der Waals surface area contributed by atoms with Crippen molar-refractivity contribution >= 4 is 17.7 Å². The number of rotatable bonds is 5. The van der Waals surface area contributed by atoms with Crippen molar-refractivity contribution in [3.63, 3.8) is 0 Å². The predicted octanol–water partition coefficient (Wildman–Crippen LogP) is 3.23. The standard InChI is InChI=1S/C19H23N5OS/c1-14-6-8-15(9-7-14)17-22-23-18(24(17)2)26-12-16(25)21-19(13-20)10-4-3-5-11-19/h6-9H,3-5,10-12H2,1-2H3,(H,21,25). The molecule has 1 heterocycles. The van der Waals surface area contributed by atoms with Crippen molar-refractivity contribution in [2.75, 3.05) is 5.75 Å². The summed E-state index contributed by atoms with van der Waals surface area (Å²) >= 11 is 1.34. The lowest BCUT2D eigenvalue weighted by Gasteiger charge is -2.31. The molecule has 3 rings (SSSR count). The first kappa shape index (κ1) is 18.5. The number of hydrogen-bond donors (Lipinski definition) is 1. The molecule has 1 N–H and O–H groups in total. The monoisotopic (exact) mass is 369 g/mol. The summed E-state index contributed by atoms with van der Waals surface area (Å²) in [5.41, 5.74) is 1.49. The van der Waals surface area contributed by atoms with E-state index in [1.807, 2.05) is 42.8 Å². The number of carbonyl (C=O) groups is 1. The SMILES string of the molecule is Cc1ccc(-c2nnc(SCC(=O)NC3(C#N)CCCCC3)n2C)cc1. The molecule has 0 unspecified atom stereocenters. The Morgan fingerprint density at radius 2 is 1.96 bits per heavy atom. The Labute approximate surface area is 158 Å². The van der Waals surface area contributed by atoms with E-state index in [1.54, 1.807) is 0 Å². The Morgan fingerprint density at radius 1 is 1.27 bits per heavy atom. The highest BCUT2D eigenvalue weighted by molar-refractivity contribution is 7.99. The topological polar surface area (TPSA) is 83.6 Å². The maximum atomic E-state index is 12.3. The van der Waals surface area contributed by atoms with Crippen LogP contribution in [0, 0.1) is 18.3 Å². The Bertz CT molecular complexity index is 815. The summed E-state index contributed by atoms with van der Waals surface area (Å²) in [6, 6.07) is 10.4. The van der Waals surface area contributed by atoms with Crippen molar-refractivity contribution in [1.29, 1.82) is 5.26 Å². The zero-order valence-corrected chi connectivity index (χ0v) is 16.0. The van der Waals surface area contributed by atoms with Gasteiger partial charge in [-0.2, -0.15) is 5.26 Å². The van der Waals surface area contributed by atoms with Gasteiger partial charge in [-0.1, -0.05) is 60.9 Å². The van der Waals surface area contributed by atoms with E-state index < -0.39 is 5.54 Å². The molecule has 6 nitrogen and oxygen atoms in total. The first-order valence-electron chi connectivity index (χ1n) is 8.84. The van der Waals surface area contributed by atoms with Crippen LogP contribution in [-0.2, 0) is 11.8 Å². The number of nitrogens with zero attached hydrogens (tertiary/aromatic N) is 4. The maximum Gasteiger partial charge on any atom is 0.231 e. The minimum Gasteiger partial charge on any atom is -0.337 e. The molecule has 26 heavy (non-hydrogen) atoms. The quantitative estimate of drug-likeness (QED) is 0.818. The molecule has 0 bridgehead atoms. The summed E-state index contributed by atoms with van der Waals surface area (Å²) in [5, 5.41) is 21.5. The van der Waals surface area contributed by atoms with E-state index in [0.29, 0.717) is 5.16 Å². The van der Waals surface area contributed by atoms with Crippen LogP contribution in [0.5, 0.6) is 0 Å².